The summed E-state index contributed by atoms with van der Waals surface area (Å²) in [5.41, 5.74) is 8.37. The fourth-order valence-electron chi connectivity index (χ4n) is 5.06. The number of carbonyl (C=O) groups excluding carboxylic acids is 1. The van der Waals surface area contributed by atoms with Gasteiger partial charge in [0.25, 0.3) is 5.91 Å². The van der Waals surface area contributed by atoms with Crippen molar-refractivity contribution < 1.29 is 19.7 Å². The molecule has 0 spiro atoms. The normalized spacial score (nSPS) is 15.1. The van der Waals surface area contributed by atoms with E-state index in [1.54, 1.807) is 0 Å². The molecular weight excluding hydrogens is 392 g/mol. The van der Waals surface area contributed by atoms with Gasteiger partial charge in [0.05, 0.1) is 17.2 Å². The van der Waals surface area contributed by atoms with Gasteiger partial charge in [0.1, 0.15) is 12.4 Å². The largest absolute Gasteiger partial charge is 0.491 e. The highest BCUT2D eigenvalue weighted by Crippen LogP contribution is 2.48. The third-order valence-corrected chi connectivity index (χ3v) is 6.43. The molecule has 1 aromatic heterocycles. The van der Waals surface area contributed by atoms with Crippen LogP contribution >= 0.6 is 0 Å². The number of hydrogen-bond donors (Lipinski definition) is 4. The highest BCUT2D eigenvalue weighted by Gasteiger charge is 2.34. The van der Waals surface area contributed by atoms with Crippen LogP contribution in [0.15, 0.2) is 42.5 Å². The van der Waals surface area contributed by atoms with Gasteiger partial charge in [0, 0.05) is 41.4 Å². The molecule has 2 heterocycles. The van der Waals surface area contributed by atoms with Gasteiger partial charge >= 0.3 is 0 Å². The number of para-hydroxylation sites is 1. The number of aromatic nitrogens is 1. The smallest absolute Gasteiger partial charge is 0.252 e. The minimum absolute atomic E-state index is 0.0151. The van der Waals surface area contributed by atoms with Crippen LogP contribution in [0.5, 0.6) is 5.75 Å². The van der Waals surface area contributed by atoms with Crippen LogP contribution in [-0.2, 0) is 13.0 Å². The Morgan fingerprint density at radius 2 is 1.97 bits per heavy atom. The van der Waals surface area contributed by atoms with Gasteiger partial charge in [0.2, 0.25) is 0 Å². The van der Waals surface area contributed by atoms with E-state index in [-0.39, 0.29) is 25.5 Å². The summed E-state index contributed by atoms with van der Waals surface area (Å²) in [5.74, 6) is 0.663. The zero-order chi connectivity index (χ0) is 21.1. The van der Waals surface area contributed by atoms with Crippen molar-refractivity contribution in [3.05, 3.63) is 64.7 Å². The molecule has 3 aromatic carbocycles. The summed E-state index contributed by atoms with van der Waals surface area (Å²) in [4.78, 5) is 16.4. The summed E-state index contributed by atoms with van der Waals surface area (Å²) in [6, 6.07) is 14.1. The highest BCUT2D eigenvalue weighted by atomic mass is 16.5. The van der Waals surface area contributed by atoms with Crippen molar-refractivity contribution in [1.82, 2.24) is 10.3 Å². The molecule has 4 N–H and O–H groups in total. The molecule has 31 heavy (non-hydrogen) atoms. The molecule has 6 rings (SSSR count). The lowest BCUT2D eigenvalue weighted by molar-refractivity contribution is 0.0821. The minimum Gasteiger partial charge on any atom is -0.491 e. The Morgan fingerprint density at radius 3 is 2.84 bits per heavy atom. The van der Waals surface area contributed by atoms with E-state index in [1.165, 1.54) is 0 Å². The molecular formula is C25H22N2O4. The van der Waals surface area contributed by atoms with Crippen molar-refractivity contribution in [2.24, 2.45) is 0 Å². The Labute approximate surface area is 178 Å². The van der Waals surface area contributed by atoms with Crippen LogP contribution in [0, 0.1) is 0 Å². The van der Waals surface area contributed by atoms with Crippen molar-refractivity contribution in [2.75, 3.05) is 13.2 Å². The quantitative estimate of drug-likeness (QED) is 0.355. The Hall–Kier alpha value is -3.35. The molecule has 1 unspecified atom stereocenters. The second-order valence-electron chi connectivity index (χ2n) is 8.28. The van der Waals surface area contributed by atoms with E-state index in [9.17, 15) is 9.90 Å². The summed E-state index contributed by atoms with van der Waals surface area (Å²) >= 11 is 0. The first-order chi connectivity index (χ1) is 15.2. The predicted octanol–water partition coefficient (Wildman–Crippen LogP) is 3.26. The topological polar surface area (TPSA) is 94.6 Å². The van der Waals surface area contributed by atoms with E-state index in [4.69, 9.17) is 9.84 Å². The highest BCUT2D eigenvalue weighted by molar-refractivity contribution is 6.19. The van der Waals surface area contributed by atoms with Crippen LogP contribution in [0.1, 0.15) is 33.5 Å². The molecule has 1 aliphatic carbocycles. The Kier molecular flexibility index (Phi) is 4.06. The van der Waals surface area contributed by atoms with Gasteiger partial charge in [-0.2, -0.15) is 0 Å². The van der Waals surface area contributed by atoms with Crippen LogP contribution < -0.4 is 10.1 Å². The fourth-order valence-corrected chi connectivity index (χ4v) is 5.06. The number of aromatic amines is 1. The number of H-pyrrole nitrogens is 1. The third-order valence-electron chi connectivity index (χ3n) is 6.43. The number of hydrogen-bond acceptors (Lipinski definition) is 4. The molecule has 0 bridgehead atoms. The molecule has 0 fully saturated rings. The lowest BCUT2D eigenvalue weighted by Crippen LogP contribution is -2.18. The van der Waals surface area contributed by atoms with E-state index in [0.717, 1.165) is 55.2 Å². The number of fused-ring (bicyclic) bond motifs is 10. The summed E-state index contributed by atoms with van der Waals surface area (Å²) in [7, 11) is 0. The zero-order valence-corrected chi connectivity index (χ0v) is 16.9. The van der Waals surface area contributed by atoms with Crippen LogP contribution in [0.3, 0.4) is 0 Å². The second kappa shape index (κ2) is 6.83. The molecule has 6 nitrogen and oxygen atoms in total. The van der Waals surface area contributed by atoms with Crippen molar-refractivity contribution >= 4 is 27.7 Å². The summed E-state index contributed by atoms with van der Waals surface area (Å²) in [6.07, 6.45) is 0.300. The van der Waals surface area contributed by atoms with Crippen LogP contribution in [0.4, 0.5) is 0 Å². The van der Waals surface area contributed by atoms with Crippen LogP contribution in [0.2, 0.25) is 0 Å². The van der Waals surface area contributed by atoms with E-state index in [1.807, 2.05) is 30.3 Å². The summed E-state index contributed by atoms with van der Waals surface area (Å²) in [5, 5.41) is 24.1. The molecule has 156 valence electrons. The van der Waals surface area contributed by atoms with Gasteiger partial charge in [-0.3, -0.25) is 4.79 Å². The number of carbonyl (C=O) groups is 1. The van der Waals surface area contributed by atoms with Gasteiger partial charge in [-0.25, -0.2) is 0 Å². The van der Waals surface area contributed by atoms with Gasteiger partial charge in [-0.05, 0) is 46.9 Å². The maximum absolute atomic E-state index is 12.8. The first-order valence-electron chi connectivity index (χ1n) is 10.6. The first-order valence-corrected chi connectivity index (χ1v) is 10.6. The molecule has 6 heteroatoms. The molecule has 4 aromatic rings. The van der Waals surface area contributed by atoms with Crippen molar-refractivity contribution in [1.29, 1.82) is 0 Å². The lowest BCUT2D eigenvalue weighted by Gasteiger charge is -2.12. The molecule has 2 aliphatic rings. The van der Waals surface area contributed by atoms with Gasteiger partial charge in [-0.1, -0.05) is 24.3 Å². The van der Waals surface area contributed by atoms with E-state index >= 15 is 0 Å². The monoisotopic (exact) mass is 414 g/mol. The number of rotatable bonds is 5. The average Bonchev–Trinajstić information content (AvgIpc) is 3.45. The number of aliphatic hydroxyl groups excluding tert-OH is 2. The molecule has 1 amide bonds. The maximum Gasteiger partial charge on any atom is 0.252 e. The number of ether oxygens (including phenoxy) is 1. The van der Waals surface area contributed by atoms with E-state index in [0.29, 0.717) is 18.7 Å². The summed E-state index contributed by atoms with van der Waals surface area (Å²) < 4.78 is 5.75. The zero-order valence-electron chi connectivity index (χ0n) is 16.9. The molecule has 0 saturated carbocycles. The number of amides is 1. The second-order valence-corrected chi connectivity index (χ2v) is 8.28. The number of nitrogens with one attached hydrogen (secondary N) is 2. The third kappa shape index (κ3) is 2.69. The predicted molar refractivity (Wildman–Crippen MR) is 118 cm³/mol. The Balaban J connectivity index is 1.50. The SMILES string of the molecule is O=C1NCc2c1c1c(c3[nH]c4ccccc4c23)Cc2cc(OCC(O)CCO)ccc2-1. The van der Waals surface area contributed by atoms with Gasteiger partial charge in [0.15, 0.2) is 0 Å². The standard InChI is InChI=1S/C25H22N2O4/c28-8-7-14(29)12-31-15-5-6-16-13(9-15)10-18-21(16)23-19(11-26-25(23)30)22-17-3-1-2-4-20(17)27-24(18)22/h1-6,9,14,27-29H,7-8,10-12H2,(H,26,30). The Bertz CT molecular complexity index is 1370. The lowest BCUT2D eigenvalue weighted by atomic mass is 9.92. The van der Waals surface area contributed by atoms with Crippen LogP contribution in [0.25, 0.3) is 32.9 Å². The maximum atomic E-state index is 12.8. The van der Waals surface area contributed by atoms with Gasteiger partial charge < -0.3 is 25.3 Å². The van der Waals surface area contributed by atoms with Crippen molar-refractivity contribution in [3.8, 4) is 16.9 Å². The van der Waals surface area contributed by atoms with Crippen molar-refractivity contribution in [3.63, 3.8) is 0 Å². The van der Waals surface area contributed by atoms with Crippen molar-refractivity contribution in [2.45, 2.75) is 25.5 Å². The van der Waals surface area contributed by atoms with E-state index in [2.05, 4.69) is 22.4 Å². The molecule has 0 saturated heterocycles. The Morgan fingerprint density at radius 1 is 1.10 bits per heavy atom. The first kappa shape index (κ1) is 18.4. The van der Waals surface area contributed by atoms with Gasteiger partial charge in [-0.15, -0.1) is 0 Å². The molecule has 1 aliphatic heterocycles. The fraction of sp³-hybridized carbons (Fsp3) is 0.240. The average molecular weight is 414 g/mol. The van der Waals surface area contributed by atoms with E-state index < -0.39 is 6.10 Å². The number of aliphatic hydroxyl groups is 2. The van der Waals surface area contributed by atoms with Crippen LogP contribution in [-0.4, -0.2) is 40.4 Å². The molecule has 0 radical (unpaired) electrons. The summed E-state index contributed by atoms with van der Waals surface area (Å²) in [6.45, 7) is 0.604. The number of benzene rings is 3. The molecule has 1 atom stereocenters. The minimum atomic E-state index is -0.701.